The van der Waals surface area contributed by atoms with Crippen molar-refractivity contribution in [3.63, 3.8) is 0 Å². The number of nitrogens with zero attached hydrogens (tertiary/aromatic N) is 4. The molecule has 0 aliphatic carbocycles. The van der Waals surface area contributed by atoms with Gasteiger partial charge in [0, 0.05) is 30.7 Å². The molecule has 0 spiro atoms. The van der Waals surface area contributed by atoms with Crippen LogP contribution in [-0.2, 0) is 16.1 Å². The van der Waals surface area contributed by atoms with Crippen molar-refractivity contribution in [2.75, 3.05) is 23.5 Å². The first-order valence-corrected chi connectivity index (χ1v) is 9.60. The molecule has 0 N–H and O–H groups in total. The van der Waals surface area contributed by atoms with Gasteiger partial charge >= 0.3 is 11.8 Å². The summed E-state index contributed by atoms with van der Waals surface area (Å²) in [5.41, 5.74) is 0.718. The van der Waals surface area contributed by atoms with Crippen LogP contribution in [0.15, 0.2) is 34.9 Å². The fourth-order valence-corrected chi connectivity index (χ4v) is 3.00. The highest BCUT2D eigenvalue weighted by molar-refractivity contribution is 9.10. The lowest BCUT2D eigenvalue weighted by molar-refractivity contribution is -0.384. The molecule has 0 aliphatic rings. The van der Waals surface area contributed by atoms with Gasteiger partial charge in [0.15, 0.2) is 0 Å². The predicted octanol–water partition coefficient (Wildman–Crippen LogP) is 4.55. The van der Waals surface area contributed by atoms with Crippen molar-refractivity contribution in [1.29, 1.82) is 0 Å². The largest absolute Gasteiger partial charge is 0.449 e. The third kappa shape index (κ3) is 5.42. The second-order valence-electron chi connectivity index (χ2n) is 5.87. The van der Waals surface area contributed by atoms with Gasteiger partial charge in [0.2, 0.25) is 11.7 Å². The number of carbonyl (C=O) groups excluding carboxylic acids is 2. The Kier molecular flexibility index (Phi) is 7.52. The molecule has 0 aliphatic heterocycles. The maximum absolute atomic E-state index is 12.2. The summed E-state index contributed by atoms with van der Waals surface area (Å²) in [6.45, 7) is 3.18. The summed E-state index contributed by atoms with van der Waals surface area (Å²) in [6.07, 6.45) is -0.532. The monoisotopic (exact) mass is 484 g/mol. The molecule has 9 nitrogen and oxygen atoms in total. The second kappa shape index (κ2) is 9.66. The Balaban J connectivity index is 2.38. The molecule has 2 rings (SSSR count). The zero-order valence-corrected chi connectivity index (χ0v) is 18.2. The molecule has 29 heavy (non-hydrogen) atoms. The van der Waals surface area contributed by atoms with Crippen LogP contribution in [0.25, 0.3) is 0 Å². The van der Waals surface area contributed by atoms with Crippen LogP contribution in [0.1, 0.15) is 19.4 Å². The molecule has 0 unspecified atom stereocenters. The molecule has 0 fully saturated rings. The Morgan fingerprint density at radius 1 is 1.31 bits per heavy atom. The first kappa shape index (κ1) is 22.6. The van der Waals surface area contributed by atoms with E-state index in [1.165, 1.54) is 28.9 Å². The van der Waals surface area contributed by atoms with Crippen molar-refractivity contribution >= 4 is 56.7 Å². The smallest absolute Gasteiger partial charge is 0.413 e. The summed E-state index contributed by atoms with van der Waals surface area (Å²) in [6, 6.07) is 7.51. The van der Waals surface area contributed by atoms with Gasteiger partial charge in [0.05, 0.1) is 18.1 Å². The number of aromatic nitrogens is 1. The van der Waals surface area contributed by atoms with Crippen molar-refractivity contribution in [3.05, 3.63) is 55.6 Å². The number of carbonyl (C=O) groups is 2. The average molecular weight is 486 g/mol. The van der Waals surface area contributed by atoms with Crippen LogP contribution in [0.5, 0.6) is 0 Å². The number of pyridine rings is 1. The highest BCUT2D eigenvalue weighted by atomic mass is 79.9. The third-order valence-corrected chi connectivity index (χ3v) is 4.74. The third-order valence-electron chi connectivity index (χ3n) is 3.95. The topological polar surface area (TPSA) is 106 Å². The van der Waals surface area contributed by atoms with Gasteiger partial charge in [-0.1, -0.05) is 17.7 Å². The number of amides is 2. The van der Waals surface area contributed by atoms with E-state index in [1.54, 1.807) is 32.2 Å². The minimum Gasteiger partial charge on any atom is -0.449 e. The molecule has 2 amide bonds. The molecule has 0 radical (unpaired) electrons. The van der Waals surface area contributed by atoms with Gasteiger partial charge in [-0.3, -0.25) is 24.7 Å². The number of hydrogen-bond donors (Lipinski definition) is 0. The quantitative estimate of drug-likeness (QED) is 0.337. The van der Waals surface area contributed by atoms with Crippen molar-refractivity contribution < 1.29 is 19.2 Å². The number of rotatable bonds is 6. The lowest BCUT2D eigenvalue weighted by atomic mass is 10.1. The van der Waals surface area contributed by atoms with Crippen LogP contribution in [-0.4, -0.2) is 35.6 Å². The van der Waals surface area contributed by atoms with Gasteiger partial charge in [0.25, 0.3) is 0 Å². The maximum Gasteiger partial charge on any atom is 0.413 e. The summed E-state index contributed by atoms with van der Waals surface area (Å²) in [4.78, 5) is 41.4. The summed E-state index contributed by atoms with van der Waals surface area (Å²) in [7, 11) is 1.54. The fraction of sp³-hybridized carbons (Fsp3) is 0.278. The molecule has 0 atom stereocenters. The summed E-state index contributed by atoms with van der Waals surface area (Å²) in [5.74, 6) is -0.539. The Morgan fingerprint density at radius 2 is 2.00 bits per heavy atom. The van der Waals surface area contributed by atoms with E-state index in [-0.39, 0.29) is 29.7 Å². The summed E-state index contributed by atoms with van der Waals surface area (Å²) < 4.78 is 5.29. The normalized spacial score (nSPS) is 10.4. The van der Waals surface area contributed by atoms with Crippen LogP contribution in [0.3, 0.4) is 0 Å². The Hall–Kier alpha value is -2.72. The molecular weight excluding hydrogens is 468 g/mol. The lowest BCUT2D eigenvalue weighted by Crippen LogP contribution is -2.30. The molecule has 1 aromatic carbocycles. The van der Waals surface area contributed by atoms with Gasteiger partial charge in [-0.25, -0.2) is 9.78 Å². The first-order valence-electron chi connectivity index (χ1n) is 8.43. The molecule has 0 bridgehead atoms. The molecule has 1 heterocycles. The Bertz CT molecular complexity index is 956. The minimum atomic E-state index is -0.607. The van der Waals surface area contributed by atoms with Crippen molar-refractivity contribution in [2.24, 2.45) is 0 Å². The van der Waals surface area contributed by atoms with Gasteiger partial charge in [0.1, 0.15) is 4.60 Å². The van der Waals surface area contributed by atoms with E-state index in [2.05, 4.69) is 20.9 Å². The first-order chi connectivity index (χ1) is 13.6. The Labute approximate surface area is 180 Å². The van der Waals surface area contributed by atoms with Crippen molar-refractivity contribution in [2.45, 2.75) is 20.4 Å². The molecular formula is C18H18BrClN4O5. The molecule has 2 aromatic rings. The van der Waals surface area contributed by atoms with Crippen LogP contribution >= 0.6 is 27.5 Å². The summed E-state index contributed by atoms with van der Waals surface area (Å²) >= 11 is 9.51. The molecule has 11 heteroatoms. The van der Waals surface area contributed by atoms with Crippen LogP contribution in [0.4, 0.5) is 22.0 Å². The predicted molar refractivity (Wildman–Crippen MR) is 112 cm³/mol. The van der Waals surface area contributed by atoms with E-state index >= 15 is 0 Å². The minimum absolute atomic E-state index is 0.0398. The average Bonchev–Trinajstić information content (AvgIpc) is 2.65. The Morgan fingerprint density at radius 3 is 2.55 bits per heavy atom. The van der Waals surface area contributed by atoms with E-state index in [9.17, 15) is 19.7 Å². The number of benzene rings is 1. The SMILES string of the molecule is CCOC(=O)N(C)c1ccc(CN(C(C)=O)c2nc(Br)ccc2[N+](=O)[O-])c(Cl)c1. The van der Waals surface area contributed by atoms with Crippen LogP contribution in [0, 0.1) is 10.1 Å². The van der Waals surface area contributed by atoms with Gasteiger partial charge < -0.3 is 4.74 Å². The van der Waals surface area contributed by atoms with E-state index in [1.807, 2.05) is 0 Å². The fourth-order valence-electron chi connectivity index (χ4n) is 2.46. The van der Waals surface area contributed by atoms with Crippen LogP contribution in [0.2, 0.25) is 5.02 Å². The van der Waals surface area contributed by atoms with Crippen molar-refractivity contribution in [1.82, 2.24) is 4.98 Å². The number of hydrogen-bond acceptors (Lipinski definition) is 6. The lowest BCUT2D eigenvalue weighted by Gasteiger charge is -2.22. The number of halogens is 2. The van der Waals surface area contributed by atoms with Gasteiger partial charge in [-0.15, -0.1) is 0 Å². The van der Waals surface area contributed by atoms with E-state index in [4.69, 9.17) is 16.3 Å². The van der Waals surface area contributed by atoms with Crippen LogP contribution < -0.4 is 9.80 Å². The second-order valence-corrected chi connectivity index (χ2v) is 7.09. The molecule has 0 saturated heterocycles. The highest BCUT2D eigenvalue weighted by Crippen LogP contribution is 2.31. The van der Waals surface area contributed by atoms with E-state index in [0.29, 0.717) is 15.9 Å². The zero-order chi connectivity index (χ0) is 21.7. The highest BCUT2D eigenvalue weighted by Gasteiger charge is 2.25. The standard InChI is InChI=1S/C18H18BrClN4O5/c1-4-29-18(26)22(3)13-6-5-12(14(20)9-13)10-23(11(2)25)17-15(24(27)28)7-8-16(19)21-17/h5-9H,4,10H2,1-3H3. The van der Waals surface area contributed by atoms with E-state index < -0.39 is 16.9 Å². The number of anilines is 2. The molecule has 154 valence electrons. The number of nitro groups is 1. The van der Waals surface area contributed by atoms with Gasteiger partial charge in [-0.2, -0.15) is 0 Å². The van der Waals surface area contributed by atoms with E-state index in [0.717, 1.165) is 0 Å². The van der Waals surface area contributed by atoms with Crippen molar-refractivity contribution in [3.8, 4) is 0 Å². The van der Waals surface area contributed by atoms with Gasteiger partial charge in [-0.05, 0) is 46.6 Å². The molecule has 0 saturated carbocycles. The molecule has 1 aromatic heterocycles. The number of ether oxygens (including phenoxy) is 1. The summed E-state index contributed by atoms with van der Waals surface area (Å²) in [5, 5.41) is 11.6. The maximum atomic E-state index is 12.2. The zero-order valence-electron chi connectivity index (χ0n) is 15.9.